The summed E-state index contributed by atoms with van der Waals surface area (Å²) < 4.78 is 9.81. The molecule has 0 unspecified atom stereocenters. The summed E-state index contributed by atoms with van der Waals surface area (Å²) in [5.74, 6) is 0.793. The summed E-state index contributed by atoms with van der Waals surface area (Å²) in [6, 6.07) is 9.44. The number of hydrogen-bond donors (Lipinski definition) is 2. The van der Waals surface area contributed by atoms with Gasteiger partial charge in [-0.05, 0) is 24.4 Å². The number of alkyl carbamates (subject to hydrolysis) is 1. The zero-order chi connectivity index (χ0) is 12.5. The Hall–Kier alpha value is -1.82. The third-order valence-corrected chi connectivity index (χ3v) is 2.05. The first-order valence-electron chi connectivity index (χ1n) is 5.03. The molecule has 0 aliphatic carbocycles. The largest absolute Gasteiger partial charge is 0.492 e. The molecule has 1 rings (SSSR count). The van der Waals surface area contributed by atoms with Crippen molar-refractivity contribution in [3.05, 3.63) is 30.3 Å². The normalized spacial score (nSPS) is 9.24. The van der Waals surface area contributed by atoms with E-state index in [1.54, 1.807) is 0 Å². The molecule has 5 nitrogen and oxygen atoms in total. The van der Waals surface area contributed by atoms with Crippen molar-refractivity contribution in [2.24, 2.45) is 0 Å². The van der Waals surface area contributed by atoms with E-state index < -0.39 is 6.09 Å². The van der Waals surface area contributed by atoms with Gasteiger partial charge in [-0.2, -0.15) is 0 Å². The lowest BCUT2D eigenvalue weighted by atomic mass is 10.3. The molecule has 1 amide bonds. The van der Waals surface area contributed by atoms with Crippen molar-refractivity contribution in [2.45, 2.75) is 0 Å². The first-order chi connectivity index (χ1) is 8.22. The molecule has 1 aromatic rings. The molecule has 0 aliphatic rings. The third kappa shape index (κ3) is 5.72. The fourth-order valence-corrected chi connectivity index (χ4v) is 1.22. The number of methoxy groups -OCH3 is 1. The second-order valence-electron chi connectivity index (χ2n) is 3.03. The van der Waals surface area contributed by atoms with Gasteiger partial charge < -0.3 is 14.8 Å². The smallest absolute Gasteiger partial charge is 0.413 e. The summed E-state index contributed by atoms with van der Waals surface area (Å²) >= 11 is 4.85. The molecular weight excluding hydrogens is 240 g/mol. The number of thiocarbonyl (C=S) groups is 1. The van der Waals surface area contributed by atoms with Crippen LogP contribution in [0.3, 0.4) is 0 Å². The Labute approximate surface area is 105 Å². The molecule has 1 aromatic carbocycles. The van der Waals surface area contributed by atoms with Crippen LogP contribution in [0, 0.1) is 0 Å². The van der Waals surface area contributed by atoms with Crippen LogP contribution in [-0.2, 0) is 4.74 Å². The Balaban J connectivity index is 2.12. The number of nitrogens with one attached hydrogen (secondary N) is 2. The zero-order valence-electron chi connectivity index (χ0n) is 9.43. The molecule has 0 bridgehead atoms. The van der Waals surface area contributed by atoms with Crippen molar-refractivity contribution < 1.29 is 14.3 Å². The van der Waals surface area contributed by atoms with Crippen molar-refractivity contribution in [1.82, 2.24) is 10.6 Å². The lowest BCUT2D eigenvalue weighted by Gasteiger charge is -2.09. The van der Waals surface area contributed by atoms with Gasteiger partial charge in [-0.3, -0.25) is 5.32 Å². The summed E-state index contributed by atoms with van der Waals surface area (Å²) in [4.78, 5) is 10.8. The van der Waals surface area contributed by atoms with Crippen LogP contribution < -0.4 is 15.4 Å². The molecule has 2 N–H and O–H groups in total. The summed E-state index contributed by atoms with van der Waals surface area (Å²) in [5, 5.41) is 5.36. The van der Waals surface area contributed by atoms with Gasteiger partial charge in [0.25, 0.3) is 0 Å². The van der Waals surface area contributed by atoms with Crippen molar-refractivity contribution in [3.63, 3.8) is 0 Å². The number of benzene rings is 1. The summed E-state index contributed by atoms with van der Waals surface area (Å²) in [5.41, 5.74) is 0. The van der Waals surface area contributed by atoms with E-state index >= 15 is 0 Å². The number of amides is 1. The molecule has 0 radical (unpaired) electrons. The maximum atomic E-state index is 10.8. The fourth-order valence-electron chi connectivity index (χ4n) is 1.04. The van der Waals surface area contributed by atoms with Gasteiger partial charge in [0.15, 0.2) is 5.11 Å². The molecule has 0 aromatic heterocycles. The van der Waals surface area contributed by atoms with Gasteiger partial charge in [-0.1, -0.05) is 18.2 Å². The van der Waals surface area contributed by atoms with Crippen LogP contribution in [0.1, 0.15) is 0 Å². The number of carbonyl (C=O) groups excluding carboxylic acids is 1. The van der Waals surface area contributed by atoms with Gasteiger partial charge in [0, 0.05) is 0 Å². The second-order valence-corrected chi connectivity index (χ2v) is 3.44. The fraction of sp³-hybridized carbons (Fsp3) is 0.273. The molecule has 0 heterocycles. The number of para-hydroxylation sites is 1. The SMILES string of the molecule is COC(=O)NC(=S)NCCOc1ccccc1. The molecule has 17 heavy (non-hydrogen) atoms. The molecule has 0 saturated heterocycles. The van der Waals surface area contributed by atoms with E-state index in [-0.39, 0.29) is 5.11 Å². The maximum absolute atomic E-state index is 10.8. The van der Waals surface area contributed by atoms with Crippen LogP contribution in [0.4, 0.5) is 4.79 Å². The van der Waals surface area contributed by atoms with Gasteiger partial charge in [-0.25, -0.2) is 4.79 Å². The van der Waals surface area contributed by atoms with Crippen LogP contribution in [0.2, 0.25) is 0 Å². The molecular formula is C11H14N2O3S. The Morgan fingerprint density at radius 1 is 1.35 bits per heavy atom. The molecule has 0 fully saturated rings. The highest BCUT2D eigenvalue weighted by molar-refractivity contribution is 7.80. The molecule has 0 saturated carbocycles. The first-order valence-corrected chi connectivity index (χ1v) is 5.44. The average molecular weight is 254 g/mol. The summed E-state index contributed by atoms with van der Waals surface area (Å²) in [6.45, 7) is 0.949. The average Bonchev–Trinajstić information content (AvgIpc) is 2.36. The predicted molar refractivity (Wildman–Crippen MR) is 68.1 cm³/mol. The maximum Gasteiger partial charge on any atom is 0.413 e. The molecule has 6 heteroatoms. The van der Waals surface area contributed by atoms with Gasteiger partial charge in [0.1, 0.15) is 12.4 Å². The topological polar surface area (TPSA) is 59.6 Å². The predicted octanol–water partition coefficient (Wildman–Crippen LogP) is 1.30. The quantitative estimate of drug-likeness (QED) is 0.626. The van der Waals surface area contributed by atoms with E-state index in [1.807, 2.05) is 30.3 Å². The van der Waals surface area contributed by atoms with Gasteiger partial charge >= 0.3 is 6.09 Å². The molecule has 0 spiro atoms. The third-order valence-electron chi connectivity index (χ3n) is 1.80. The molecule has 0 aliphatic heterocycles. The Kier molecular flexibility index (Phi) is 5.81. The Bertz CT molecular complexity index is 370. The van der Waals surface area contributed by atoms with Gasteiger partial charge in [0.2, 0.25) is 0 Å². The standard InChI is InChI=1S/C11H14N2O3S/c1-15-11(14)13-10(17)12-7-8-16-9-5-3-2-4-6-9/h2-6H,7-8H2,1H3,(H2,12,13,14,17). The van der Waals surface area contributed by atoms with Crippen LogP contribution in [0.15, 0.2) is 30.3 Å². The van der Waals surface area contributed by atoms with Crippen LogP contribution in [0.25, 0.3) is 0 Å². The van der Waals surface area contributed by atoms with E-state index in [2.05, 4.69) is 15.4 Å². The first kappa shape index (κ1) is 13.2. The number of hydrogen-bond acceptors (Lipinski definition) is 4. The van der Waals surface area contributed by atoms with E-state index in [9.17, 15) is 4.79 Å². The minimum Gasteiger partial charge on any atom is -0.492 e. The lowest BCUT2D eigenvalue weighted by Crippen LogP contribution is -2.40. The van der Waals surface area contributed by atoms with E-state index in [0.29, 0.717) is 13.2 Å². The highest BCUT2D eigenvalue weighted by Gasteiger charge is 2.01. The number of carbonyl (C=O) groups is 1. The van der Waals surface area contributed by atoms with E-state index in [4.69, 9.17) is 17.0 Å². The number of rotatable bonds is 4. The van der Waals surface area contributed by atoms with Crippen LogP contribution >= 0.6 is 12.2 Å². The molecule has 92 valence electrons. The van der Waals surface area contributed by atoms with Crippen molar-refractivity contribution in [2.75, 3.05) is 20.3 Å². The van der Waals surface area contributed by atoms with Gasteiger partial charge in [0.05, 0.1) is 13.7 Å². The second kappa shape index (κ2) is 7.45. The van der Waals surface area contributed by atoms with Crippen molar-refractivity contribution >= 4 is 23.4 Å². The highest BCUT2D eigenvalue weighted by atomic mass is 32.1. The van der Waals surface area contributed by atoms with Gasteiger partial charge in [-0.15, -0.1) is 0 Å². The summed E-state index contributed by atoms with van der Waals surface area (Å²) in [6.07, 6.45) is -0.591. The zero-order valence-corrected chi connectivity index (χ0v) is 10.3. The summed E-state index contributed by atoms with van der Waals surface area (Å²) in [7, 11) is 1.27. The van der Waals surface area contributed by atoms with Crippen LogP contribution in [0.5, 0.6) is 5.75 Å². The monoisotopic (exact) mass is 254 g/mol. The lowest BCUT2D eigenvalue weighted by molar-refractivity contribution is 0.176. The van der Waals surface area contributed by atoms with E-state index in [0.717, 1.165) is 5.75 Å². The van der Waals surface area contributed by atoms with Crippen molar-refractivity contribution in [3.8, 4) is 5.75 Å². The van der Waals surface area contributed by atoms with Crippen LogP contribution in [-0.4, -0.2) is 31.5 Å². The highest BCUT2D eigenvalue weighted by Crippen LogP contribution is 2.07. The number of ether oxygens (including phenoxy) is 2. The Morgan fingerprint density at radius 3 is 2.71 bits per heavy atom. The minimum absolute atomic E-state index is 0.216. The Morgan fingerprint density at radius 2 is 2.06 bits per heavy atom. The van der Waals surface area contributed by atoms with E-state index in [1.165, 1.54) is 7.11 Å². The molecule has 0 atom stereocenters. The van der Waals surface area contributed by atoms with Crippen molar-refractivity contribution in [1.29, 1.82) is 0 Å². The minimum atomic E-state index is -0.591.